The minimum Gasteiger partial charge on any atom is -0.498 e. The smallest absolute Gasteiger partial charge is 0.498 e. The van der Waals surface area contributed by atoms with E-state index in [4.69, 9.17) is 0 Å². The van der Waals surface area contributed by atoms with Gasteiger partial charge >= 0.3 is 7.25 Å². The van der Waals surface area contributed by atoms with E-state index in [-0.39, 0.29) is 11.7 Å². The fourth-order valence-corrected chi connectivity index (χ4v) is 3.88. The highest BCUT2D eigenvalue weighted by molar-refractivity contribution is 6.50. The summed E-state index contributed by atoms with van der Waals surface area (Å²) in [5.41, 5.74) is 5.91. The van der Waals surface area contributed by atoms with E-state index in [0.29, 0.717) is 5.75 Å². The molecular weight excluding hydrogens is 428 g/mol. The van der Waals surface area contributed by atoms with Crippen molar-refractivity contribution in [2.24, 2.45) is 0 Å². The van der Waals surface area contributed by atoms with E-state index < -0.39 is 7.25 Å². The molecule has 0 radical (unpaired) electrons. The van der Waals surface area contributed by atoms with Crippen molar-refractivity contribution in [2.45, 2.75) is 27.7 Å². The first-order valence-corrected chi connectivity index (χ1v) is 9.76. The van der Waals surface area contributed by atoms with Gasteiger partial charge in [-0.3, -0.25) is 4.79 Å². The molecule has 4 aromatic rings. The Labute approximate surface area is 181 Å². The standard InChI is InChI=1S/C23H20FNO2.BF4/c1-13-8-14(2)22-20(9-13)21-12-18(25-16(4)26)10-15(3)23(21)27(22)19-7-5-6-17(24)11-19;2-1(3,4)5/h5-12H,1-4H3;/q;-1/p+1. The number of amides is 1. The number of furan rings is 1. The van der Waals surface area contributed by atoms with Crippen LogP contribution < -0.4 is 5.32 Å². The lowest BCUT2D eigenvalue weighted by atomic mass is 10.0. The van der Waals surface area contributed by atoms with Gasteiger partial charge in [0, 0.05) is 29.8 Å². The van der Waals surface area contributed by atoms with Crippen LogP contribution in [-0.2, 0) is 4.79 Å². The van der Waals surface area contributed by atoms with Crippen LogP contribution in [0.4, 0.5) is 27.3 Å². The van der Waals surface area contributed by atoms with Crippen molar-refractivity contribution in [3.05, 3.63) is 71.0 Å². The van der Waals surface area contributed by atoms with E-state index >= 15 is 0 Å². The van der Waals surface area contributed by atoms with Crippen LogP contribution in [0, 0.1) is 26.6 Å². The van der Waals surface area contributed by atoms with Crippen molar-refractivity contribution in [2.75, 3.05) is 5.32 Å². The molecule has 1 amide bonds. The van der Waals surface area contributed by atoms with Gasteiger partial charge in [0.15, 0.2) is 0 Å². The summed E-state index contributed by atoms with van der Waals surface area (Å²) in [7, 11) is -6.00. The molecule has 4 rings (SSSR count). The van der Waals surface area contributed by atoms with Crippen LogP contribution in [-0.4, -0.2) is 13.2 Å². The highest BCUT2D eigenvalue weighted by Gasteiger charge is 2.26. The van der Waals surface area contributed by atoms with E-state index in [1.807, 2.05) is 25.1 Å². The zero-order valence-electron chi connectivity index (χ0n) is 17.9. The quantitative estimate of drug-likeness (QED) is 0.191. The fraction of sp³-hybridized carbons (Fsp3) is 0.174. The van der Waals surface area contributed by atoms with Gasteiger partial charge in [0.05, 0.1) is 16.8 Å². The number of carbonyl (C=O) groups is 1. The minimum absolute atomic E-state index is 0.109. The molecule has 0 spiro atoms. The van der Waals surface area contributed by atoms with E-state index in [2.05, 4.69) is 35.3 Å². The first-order valence-electron chi connectivity index (χ1n) is 9.76. The van der Waals surface area contributed by atoms with Gasteiger partial charge in [0.25, 0.3) is 16.9 Å². The molecule has 0 aliphatic rings. The Morgan fingerprint density at radius 1 is 0.875 bits per heavy atom. The molecule has 0 aliphatic heterocycles. The van der Waals surface area contributed by atoms with Gasteiger partial charge in [0.1, 0.15) is 5.82 Å². The van der Waals surface area contributed by atoms with E-state index in [1.165, 1.54) is 19.1 Å². The van der Waals surface area contributed by atoms with Gasteiger partial charge in [0.2, 0.25) is 5.91 Å². The van der Waals surface area contributed by atoms with Crippen LogP contribution in [0.25, 0.3) is 27.7 Å². The van der Waals surface area contributed by atoms with Crippen molar-refractivity contribution < 1.29 is 30.5 Å². The molecule has 0 aliphatic carbocycles. The molecule has 0 saturated carbocycles. The number of rotatable bonds is 2. The molecule has 9 heteroatoms. The molecule has 3 nitrogen and oxygen atoms in total. The zero-order valence-corrected chi connectivity index (χ0v) is 17.9. The fourth-order valence-electron chi connectivity index (χ4n) is 3.88. The highest BCUT2D eigenvalue weighted by atomic mass is 19.5. The van der Waals surface area contributed by atoms with Crippen LogP contribution in [0.2, 0.25) is 0 Å². The summed E-state index contributed by atoms with van der Waals surface area (Å²) in [6.07, 6.45) is 0. The molecule has 1 aromatic heterocycles. The molecule has 32 heavy (non-hydrogen) atoms. The third kappa shape index (κ3) is 5.10. The van der Waals surface area contributed by atoms with Crippen LogP contribution >= 0.6 is 0 Å². The van der Waals surface area contributed by atoms with Crippen molar-refractivity contribution >= 4 is 40.8 Å². The largest absolute Gasteiger partial charge is 0.673 e. The van der Waals surface area contributed by atoms with Crippen LogP contribution in [0.5, 0.6) is 0 Å². The third-order valence-corrected chi connectivity index (χ3v) is 4.74. The number of fused-ring (bicyclic) bond motifs is 3. The molecular formula is C23H21BF5NO2. The van der Waals surface area contributed by atoms with E-state index in [1.54, 1.807) is 6.07 Å². The Balaban J connectivity index is 0.000000523. The number of hydrogen-bond donors (Lipinski definition) is 1. The summed E-state index contributed by atoms with van der Waals surface area (Å²) in [5, 5.41) is 4.94. The summed E-state index contributed by atoms with van der Waals surface area (Å²) < 4.78 is 56.1. The molecule has 0 fully saturated rings. The van der Waals surface area contributed by atoms with Crippen molar-refractivity contribution in [1.82, 2.24) is 0 Å². The van der Waals surface area contributed by atoms with Gasteiger partial charge in [-0.1, -0.05) is 6.07 Å². The van der Waals surface area contributed by atoms with Crippen molar-refractivity contribution in [3.8, 4) is 5.75 Å². The Kier molecular flexibility index (Phi) is 6.30. The highest BCUT2D eigenvalue weighted by Crippen LogP contribution is 2.43. The SMILES string of the molecule is CC(=O)Nc1cc(C)c2c(c1)c1cc(C)cc(C)c1[o+]2-c1cccc(F)c1.F[B-](F)(F)F. The number of halogens is 5. The normalized spacial score (nSPS) is 11.4. The van der Waals surface area contributed by atoms with Crippen LogP contribution in [0.15, 0.2) is 52.6 Å². The lowest BCUT2D eigenvalue weighted by molar-refractivity contribution is -0.114. The van der Waals surface area contributed by atoms with Gasteiger partial charge < -0.3 is 26.6 Å². The lowest BCUT2D eigenvalue weighted by Gasteiger charge is -2.08. The maximum atomic E-state index is 14.0. The van der Waals surface area contributed by atoms with Crippen molar-refractivity contribution in [1.29, 1.82) is 0 Å². The summed E-state index contributed by atoms with van der Waals surface area (Å²) in [6, 6.07) is 14.7. The second-order valence-corrected chi connectivity index (χ2v) is 7.57. The molecule has 0 atom stereocenters. The lowest BCUT2D eigenvalue weighted by Crippen LogP contribution is -2.05. The number of hydrogen-bond acceptors (Lipinski definition) is 1. The number of aryl methyl sites for hydroxylation is 3. The zero-order chi connectivity index (χ0) is 23.8. The summed E-state index contributed by atoms with van der Waals surface area (Å²) in [6.45, 7) is 7.62. The Hall–Kier alpha value is -3.36. The first kappa shape index (κ1) is 23.3. The van der Waals surface area contributed by atoms with Gasteiger partial charge in [-0.05, 0) is 56.7 Å². The molecule has 0 unspecified atom stereocenters. The third-order valence-electron chi connectivity index (χ3n) is 4.74. The Morgan fingerprint density at radius 3 is 2.00 bits per heavy atom. The number of anilines is 1. The second kappa shape index (κ2) is 8.65. The molecule has 0 saturated heterocycles. The molecule has 3 aromatic carbocycles. The monoisotopic (exact) mass is 449 g/mol. The predicted molar refractivity (Wildman–Crippen MR) is 118 cm³/mol. The average Bonchev–Trinajstić information content (AvgIpc) is 2.95. The number of carbonyl (C=O) groups excluding carboxylic acids is 1. The molecule has 168 valence electrons. The van der Waals surface area contributed by atoms with E-state index in [0.717, 1.165) is 44.3 Å². The Morgan fingerprint density at radius 2 is 1.44 bits per heavy atom. The van der Waals surface area contributed by atoms with Crippen LogP contribution in [0.3, 0.4) is 0 Å². The molecule has 1 N–H and O–H groups in total. The maximum Gasteiger partial charge on any atom is 0.673 e. The van der Waals surface area contributed by atoms with Gasteiger partial charge in [-0.25, -0.2) is 4.39 Å². The van der Waals surface area contributed by atoms with Gasteiger partial charge in [-0.15, -0.1) is 0 Å². The summed E-state index contributed by atoms with van der Waals surface area (Å²) in [4.78, 5) is 11.5. The topological polar surface area (TPSA) is 31.8 Å². The number of benzene rings is 3. The van der Waals surface area contributed by atoms with E-state index in [9.17, 15) is 26.4 Å². The molecule has 0 bridgehead atoms. The average molecular weight is 449 g/mol. The second-order valence-electron chi connectivity index (χ2n) is 7.57. The van der Waals surface area contributed by atoms with Gasteiger partial charge in [-0.2, -0.15) is 0 Å². The van der Waals surface area contributed by atoms with Crippen LogP contribution in [0.1, 0.15) is 23.6 Å². The predicted octanol–water partition coefficient (Wildman–Crippen LogP) is 7.59. The maximum absolute atomic E-state index is 14.0. The minimum atomic E-state index is -6.00. The number of nitrogens with one attached hydrogen (secondary N) is 1. The van der Waals surface area contributed by atoms with Crippen molar-refractivity contribution in [3.63, 3.8) is 0 Å². The first-order chi connectivity index (χ1) is 14.8. The molecule has 1 heterocycles. The summed E-state index contributed by atoms with van der Waals surface area (Å²) in [5.74, 6) is 0.312. The summed E-state index contributed by atoms with van der Waals surface area (Å²) >= 11 is 0. The Bertz CT molecular complexity index is 1320.